The highest BCUT2D eigenvalue weighted by Crippen LogP contribution is 2.31. The average Bonchev–Trinajstić information content (AvgIpc) is 3.11. The van der Waals surface area contributed by atoms with Crippen molar-refractivity contribution < 1.29 is 28.8 Å². The summed E-state index contributed by atoms with van der Waals surface area (Å²) in [5, 5.41) is 3.58. The molecule has 1 aromatic carbocycles. The number of nitrogens with two attached hydrogens (primary N) is 1. The molecule has 2 heterocycles. The van der Waals surface area contributed by atoms with E-state index in [-0.39, 0.29) is 36.1 Å². The number of ether oxygens (including phenoxy) is 2. The van der Waals surface area contributed by atoms with E-state index in [4.69, 9.17) is 15.2 Å². The van der Waals surface area contributed by atoms with E-state index in [9.17, 15) is 14.4 Å². The van der Waals surface area contributed by atoms with Gasteiger partial charge in [0, 0.05) is 29.7 Å². The molecule has 1 aliphatic rings. The summed E-state index contributed by atoms with van der Waals surface area (Å²) in [4.78, 5) is 41.0. The first-order valence-corrected chi connectivity index (χ1v) is 10.2. The number of aromatic amines is 1. The van der Waals surface area contributed by atoms with E-state index in [1.165, 1.54) is 0 Å². The van der Waals surface area contributed by atoms with E-state index >= 15 is 0 Å². The lowest BCUT2D eigenvalue weighted by Crippen LogP contribution is -3.17. The third-order valence-electron chi connectivity index (χ3n) is 5.77. The number of methoxy groups -OCH3 is 1. The van der Waals surface area contributed by atoms with Crippen molar-refractivity contribution in [3.63, 3.8) is 0 Å². The minimum Gasteiger partial charge on any atom is -0.497 e. The fraction of sp³-hybridized carbons (Fsp3) is 0.476. The smallest absolute Gasteiger partial charge is 0.356 e. The van der Waals surface area contributed by atoms with E-state index < -0.39 is 5.97 Å². The van der Waals surface area contributed by atoms with Gasteiger partial charge in [0.25, 0.3) is 5.91 Å². The van der Waals surface area contributed by atoms with Crippen LogP contribution in [0.4, 0.5) is 5.69 Å². The predicted octanol–water partition coefficient (Wildman–Crippen LogP) is 0.460. The predicted molar refractivity (Wildman–Crippen MR) is 112 cm³/mol. The fourth-order valence-electron chi connectivity index (χ4n) is 3.91. The van der Waals surface area contributed by atoms with Crippen molar-refractivity contribution in [1.82, 2.24) is 4.98 Å². The molecule has 3 rings (SSSR count). The van der Waals surface area contributed by atoms with Gasteiger partial charge in [0.2, 0.25) is 5.91 Å². The molecule has 1 atom stereocenters. The number of H-pyrrole nitrogens is 1. The van der Waals surface area contributed by atoms with Crippen molar-refractivity contribution in [3.05, 3.63) is 23.9 Å². The number of esters is 1. The summed E-state index contributed by atoms with van der Waals surface area (Å²) in [6.45, 7) is 5.17. The second kappa shape index (κ2) is 9.17. The minimum atomic E-state index is -0.537. The zero-order valence-electron chi connectivity index (χ0n) is 17.5. The van der Waals surface area contributed by atoms with Gasteiger partial charge >= 0.3 is 5.97 Å². The van der Waals surface area contributed by atoms with Crippen molar-refractivity contribution in [2.24, 2.45) is 11.7 Å². The summed E-state index contributed by atoms with van der Waals surface area (Å²) >= 11 is 0. The molecule has 162 valence electrons. The molecule has 1 aliphatic heterocycles. The molecule has 0 aliphatic carbocycles. The molecule has 5 N–H and O–H groups in total. The molecule has 1 aromatic heterocycles. The number of amides is 2. The van der Waals surface area contributed by atoms with Gasteiger partial charge in [-0.25, -0.2) is 4.79 Å². The van der Waals surface area contributed by atoms with Crippen LogP contribution in [0.2, 0.25) is 0 Å². The van der Waals surface area contributed by atoms with Crippen LogP contribution in [0.5, 0.6) is 5.75 Å². The van der Waals surface area contributed by atoms with Crippen molar-refractivity contribution in [3.8, 4) is 5.75 Å². The molecule has 0 unspecified atom stereocenters. The third-order valence-corrected chi connectivity index (χ3v) is 5.77. The second-order valence-electron chi connectivity index (χ2n) is 7.55. The fourth-order valence-corrected chi connectivity index (χ4v) is 3.91. The van der Waals surface area contributed by atoms with Gasteiger partial charge in [0.15, 0.2) is 6.04 Å². The van der Waals surface area contributed by atoms with E-state index in [1.807, 2.05) is 6.92 Å². The maximum absolute atomic E-state index is 13.0. The van der Waals surface area contributed by atoms with E-state index in [0.717, 1.165) is 4.90 Å². The monoisotopic (exact) mass is 417 g/mol. The summed E-state index contributed by atoms with van der Waals surface area (Å²) in [5.41, 5.74) is 6.67. The highest BCUT2D eigenvalue weighted by molar-refractivity contribution is 6.11. The number of aromatic nitrogens is 1. The van der Waals surface area contributed by atoms with Crippen LogP contribution < -0.4 is 20.7 Å². The Morgan fingerprint density at radius 1 is 1.30 bits per heavy atom. The Bertz CT molecular complexity index is 946. The quantitative estimate of drug-likeness (QED) is 0.487. The molecule has 2 amide bonds. The van der Waals surface area contributed by atoms with Crippen LogP contribution >= 0.6 is 0 Å². The van der Waals surface area contributed by atoms with E-state index in [1.54, 1.807) is 32.2 Å². The first-order chi connectivity index (χ1) is 14.3. The van der Waals surface area contributed by atoms with E-state index in [0.29, 0.717) is 48.3 Å². The van der Waals surface area contributed by atoms with Crippen LogP contribution in [0, 0.1) is 5.92 Å². The van der Waals surface area contributed by atoms with Crippen molar-refractivity contribution in [2.75, 3.05) is 32.1 Å². The highest BCUT2D eigenvalue weighted by atomic mass is 16.5. The van der Waals surface area contributed by atoms with Gasteiger partial charge in [-0.05, 0) is 32.0 Å². The number of hydrogen-bond acceptors (Lipinski definition) is 5. The molecule has 1 fully saturated rings. The van der Waals surface area contributed by atoms with Crippen molar-refractivity contribution in [2.45, 2.75) is 32.7 Å². The van der Waals surface area contributed by atoms with Crippen LogP contribution in [-0.4, -0.2) is 55.6 Å². The largest absolute Gasteiger partial charge is 0.497 e. The molecule has 2 aromatic rings. The number of hydrogen-bond donors (Lipinski definition) is 4. The number of nitrogens with one attached hydrogen (secondary N) is 3. The molecule has 0 spiro atoms. The molecule has 9 nitrogen and oxygen atoms in total. The van der Waals surface area contributed by atoms with Gasteiger partial charge in [-0.3, -0.25) is 9.59 Å². The Morgan fingerprint density at radius 2 is 2.00 bits per heavy atom. The van der Waals surface area contributed by atoms with Gasteiger partial charge < -0.3 is 30.4 Å². The number of primary amides is 1. The van der Waals surface area contributed by atoms with Crippen LogP contribution in [0.1, 0.15) is 37.2 Å². The Hall–Kier alpha value is -3.07. The van der Waals surface area contributed by atoms with Gasteiger partial charge in [-0.15, -0.1) is 0 Å². The van der Waals surface area contributed by atoms with Crippen LogP contribution in [0.15, 0.2) is 18.2 Å². The Balaban J connectivity index is 1.84. The first-order valence-electron chi connectivity index (χ1n) is 10.2. The molecule has 9 heteroatoms. The van der Waals surface area contributed by atoms with Gasteiger partial charge in [0.1, 0.15) is 11.4 Å². The summed E-state index contributed by atoms with van der Waals surface area (Å²) in [6.07, 6.45) is 1.33. The lowest BCUT2D eigenvalue weighted by atomic mass is 9.95. The molecule has 30 heavy (non-hydrogen) atoms. The van der Waals surface area contributed by atoms with Crippen LogP contribution in [0.25, 0.3) is 10.9 Å². The van der Waals surface area contributed by atoms with Gasteiger partial charge in [-0.1, -0.05) is 0 Å². The van der Waals surface area contributed by atoms with Gasteiger partial charge in [-0.2, -0.15) is 0 Å². The first kappa shape index (κ1) is 21.6. The maximum Gasteiger partial charge on any atom is 0.356 e. The topological polar surface area (TPSA) is 128 Å². The normalized spacial score (nSPS) is 19.8. The standard InChI is InChI=1S/C21H28N4O5/c1-4-30-21(28)18-17(15-11-14(29-3)5-6-16(15)23-18)24-20(27)12(2)25-9-7-13(8-10-25)19(22)26/h5-6,11-13,23H,4,7-10H2,1-3H3,(H2,22,26)(H,24,27)/p+1/t12-/m1/s1. The minimum absolute atomic E-state index is 0.125. The lowest BCUT2D eigenvalue weighted by Gasteiger charge is -2.31. The third kappa shape index (κ3) is 4.40. The number of rotatable bonds is 7. The molecule has 0 saturated carbocycles. The Morgan fingerprint density at radius 3 is 2.60 bits per heavy atom. The molecular formula is C21H29N4O5+. The van der Waals surface area contributed by atoms with Gasteiger partial charge in [0.05, 0.1) is 32.5 Å². The number of carbonyl (C=O) groups is 3. The number of likely N-dealkylation sites (tertiary alicyclic amines) is 1. The zero-order valence-corrected chi connectivity index (χ0v) is 17.5. The number of quaternary nitrogens is 1. The lowest BCUT2D eigenvalue weighted by molar-refractivity contribution is -0.919. The Kier molecular flexibility index (Phi) is 6.61. The summed E-state index contributed by atoms with van der Waals surface area (Å²) in [6, 6.07) is 4.97. The molecule has 1 saturated heterocycles. The number of fused-ring (bicyclic) bond motifs is 1. The molecule has 0 bridgehead atoms. The zero-order chi connectivity index (χ0) is 21.8. The average molecular weight is 417 g/mol. The van der Waals surface area contributed by atoms with Crippen LogP contribution in [-0.2, 0) is 14.3 Å². The maximum atomic E-state index is 13.0. The molecule has 0 radical (unpaired) electrons. The number of piperidine rings is 1. The SMILES string of the molecule is CCOC(=O)c1[nH]c2ccc(OC)cc2c1NC(=O)[C@@H](C)[NH+]1CCC(C(N)=O)CC1. The number of benzene rings is 1. The summed E-state index contributed by atoms with van der Waals surface area (Å²) in [7, 11) is 1.56. The van der Waals surface area contributed by atoms with Crippen molar-refractivity contribution in [1.29, 1.82) is 0 Å². The Labute approximate surface area is 174 Å². The number of carbonyl (C=O) groups excluding carboxylic acids is 3. The summed E-state index contributed by atoms with van der Waals surface area (Å²) in [5.74, 6) is -0.542. The highest BCUT2D eigenvalue weighted by Gasteiger charge is 2.33. The second-order valence-corrected chi connectivity index (χ2v) is 7.55. The van der Waals surface area contributed by atoms with Crippen molar-refractivity contribution >= 4 is 34.4 Å². The molecular weight excluding hydrogens is 388 g/mol. The number of anilines is 1. The van der Waals surface area contributed by atoms with Crippen LogP contribution in [0.3, 0.4) is 0 Å². The van der Waals surface area contributed by atoms with E-state index in [2.05, 4.69) is 10.3 Å². The summed E-state index contributed by atoms with van der Waals surface area (Å²) < 4.78 is 10.4.